The molecular formula is C13H17BrN2O. The van der Waals surface area contributed by atoms with E-state index in [2.05, 4.69) is 27.3 Å². The monoisotopic (exact) mass is 296 g/mol. The van der Waals surface area contributed by atoms with Crippen LogP contribution in [0.25, 0.3) is 0 Å². The van der Waals surface area contributed by atoms with Gasteiger partial charge in [-0.05, 0) is 59.8 Å². The first-order valence-electron chi connectivity index (χ1n) is 5.77. The van der Waals surface area contributed by atoms with E-state index in [0.717, 1.165) is 28.6 Å². The van der Waals surface area contributed by atoms with Gasteiger partial charge in [-0.15, -0.1) is 0 Å². The molecule has 0 radical (unpaired) electrons. The largest absolute Gasteiger partial charge is 0.329 e. The highest BCUT2D eigenvalue weighted by Crippen LogP contribution is 2.45. The van der Waals surface area contributed by atoms with Gasteiger partial charge >= 0.3 is 0 Å². The van der Waals surface area contributed by atoms with E-state index in [1.54, 1.807) is 0 Å². The van der Waals surface area contributed by atoms with Gasteiger partial charge < -0.3 is 11.1 Å². The summed E-state index contributed by atoms with van der Waals surface area (Å²) in [7, 11) is 0. The number of halogens is 1. The highest BCUT2D eigenvalue weighted by molar-refractivity contribution is 9.10. The molecule has 0 atom stereocenters. The number of hydrogen-bond donors (Lipinski definition) is 2. The fraction of sp³-hybridized carbons (Fsp3) is 0.462. The van der Waals surface area contributed by atoms with Crippen LogP contribution in [0.5, 0.6) is 0 Å². The zero-order valence-corrected chi connectivity index (χ0v) is 11.7. The second-order valence-electron chi connectivity index (χ2n) is 4.88. The molecule has 3 nitrogen and oxygen atoms in total. The third-order valence-electron chi connectivity index (χ3n) is 3.40. The molecule has 0 aliphatic heterocycles. The minimum Gasteiger partial charge on any atom is -0.329 e. The smallest absolute Gasteiger partial charge is 0.231 e. The van der Waals surface area contributed by atoms with Crippen molar-refractivity contribution in [2.24, 2.45) is 11.1 Å². The van der Waals surface area contributed by atoms with Gasteiger partial charge in [0.2, 0.25) is 5.91 Å². The highest BCUT2D eigenvalue weighted by Gasteiger charge is 2.48. The number of anilines is 1. The third-order valence-corrected chi connectivity index (χ3v) is 4.02. The maximum absolute atomic E-state index is 12.1. The molecule has 2 rings (SSSR count). The predicted molar refractivity (Wildman–Crippen MR) is 73.0 cm³/mol. The average Bonchev–Trinajstić information content (AvgIpc) is 3.03. The molecule has 1 fully saturated rings. The molecule has 4 heteroatoms. The maximum atomic E-state index is 12.1. The van der Waals surface area contributed by atoms with Crippen molar-refractivity contribution in [1.82, 2.24) is 0 Å². The Morgan fingerprint density at radius 3 is 2.59 bits per heavy atom. The van der Waals surface area contributed by atoms with Crippen LogP contribution in [0.15, 0.2) is 16.6 Å². The summed E-state index contributed by atoms with van der Waals surface area (Å²) in [6, 6.07) is 4.06. The summed E-state index contributed by atoms with van der Waals surface area (Å²) in [6.45, 7) is 4.46. The first kappa shape index (κ1) is 12.6. The van der Waals surface area contributed by atoms with Crippen molar-refractivity contribution >= 4 is 27.5 Å². The molecule has 92 valence electrons. The van der Waals surface area contributed by atoms with E-state index in [0.29, 0.717) is 6.54 Å². The van der Waals surface area contributed by atoms with Crippen molar-refractivity contribution in [3.8, 4) is 0 Å². The predicted octanol–water partition coefficient (Wildman–Crippen LogP) is 2.74. The van der Waals surface area contributed by atoms with Crippen molar-refractivity contribution in [1.29, 1.82) is 0 Å². The van der Waals surface area contributed by atoms with Gasteiger partial charge in [-0.3, -0.25) is 4.79 Å². The zero-order chi connectivity index (χ0) is 12.6. The van der Waals surface area contributed by atoms with Gasteiger partial charge in [0.25, 0.3) is 0 Å². The average molecular weight is 297 g/mol. The van der Waals surface area contributed by atoms with Crippen LogP contribution in [-0.2, 0) is 4.79 Å². The number of nitrogens with two attached hydrogens (primary N) is 1. The van der Waals surface area contributed by atoms with Gasteiger partial charge in [-0.2, -0.15) is 0 Å². The third kappa shape index (κ3) is 2.38. The van der Waals surface area contributed by atoms with E-state index in [1.807, 2.05) is 19.9 Å². The highest BCUT2D eigenvalue weighted by atomic mass is 79.9. The Morgan fingerprint density at radius 2 is 2.12 bits per heavy atom. The zero-order valence-electron chi connectivity index (χ0n) is 10.1. The Morgan fingerprint density at radius 1 is 1.47 bits per heavy atom. The first-order chi connectivity index (χ1) is 7.98. The molecule has 1 aromatic rings. The fourth-order valence-corrected chi connectivity index (χ4v) is 2.77. The van der Waals surface area contributed by atoms with E-state index in [-0.39, 0.29) is 11.3 Å². The molecule has 1 saturated carbocycles. The summed E-state index contributed by atoms with van der Waals surface area (Å²) in [6.07, 6.45) is 1.80. The maximum Gasteiger partial charge on any atom is 0.231 e. The number of nitrogens with one attached hydrogen (secondary N) is 1. The summed E-state index contributed by atoms with van der Waals surface area (Å²) in [5.41, 5.74) is 8.44. The van der Waals surface area contributed by atoms with Crippen molar-refractivity contribution in [2.45, 2.75) is 26.7 Å². The molecule has 0 spiro atoms. The van der Waals surface area contributed by atoms with Crippen LogP contribution in [0.2, 0.25) is 0 Å². The lowest BCUT2D eigenvalue weighted by Crippen LogP contribution is -2.31. The van der Waals surface area contributed by atoms with Crippen LogP contribution in [-0.4, -0.2) is 12.5 Å². The molecule has 1 aliphatic carbocycles. The van der Waals surface area contributed by atoms with Crippen molar-refractivity contribution in [3.05, 3.63) is 27.7 Å². The summed E-state index contributed by atoms with van der Waals surface area (Å²) < 4.78 is 0.927. The van der Waals surface area contributed by atoms with Gasteiger partial charge in [0.15, 0.2) is 0 Å². The molecule has 0 unspecified atom stereocenters. The molecule has 17 heavy (non-hydrogen) atoms. The van der Waals surface area contributed by atoms with Gasteiger partial charge in [-0.25, -0.2) is 0 Å². The lowest BCUT2D eigenvalue weighted by molar-refractivity contribution is -0.120. The Hall–Kier alpha value is -0.870. The van der Waals surface area contributed by atoms with Gasteiger partial charge in [-0.1, -0.05) is 6.07 Å². The normalized spacial score (nSPS) is 16.7. The van der Waals surface area contributed by atoms with Crippen molar-refractivity contribution in [3.63, 3.8) is 0 Å². The molecule has 0 heterocycles. The van der Waals surface area contributed by atoms with E-state index in [4.69, 9.17) is 5.73 Å². The van der Waals surface area contributed by atoms with Crippen molar-refractivity contribution < 1.29 is 4.79 Å². The SMILES string of the molecule is Cc1cc(C)c(NC(=O)C2(CN)CC2)c(Br)c1. The topological polar surface area (TPSA) is 55.1 Å². The second-order valence-corrected chi connectivity index (χ2v) is 5.73. The molecule has 0 aromatic heterocycles. The summed E-state index contributed by atoms with van der Waals surface area (Å²) in [5.74, 6) is 0.0488. The van der Waals surface area contributed by atoms with Crippen molar-refractivity contribution in [2.75, 3.05) is 11.9 Å². The van der Waals surface area contributed by atoms with Gasteiger partial charge in [0.05, 0.1) is 11.1 Å². The van der Waals surface area contributed by atoms with Crippen LogP contribution in [0.1, 0.15) is 24.0 Å². The molecule has 0 bridgehead atoms. The van der Waals surface area contributed by atoms with E-state index in [1.165, 1.54) is 5.56 Å². The van der Waals surface area contributed by atoms with Crippen LogP contribution in [0.4, 0.5) is 5.69 Å². The van der Waals surface area contributed by atoms with E-state index in [9.17, 15) is 4.79 Å². The number of benzene rings is 1. The number of hydrogen-bond acceptors (Lipinski definition) is 2. The molecular weight excluding hydrogens is 280 g/mol. The molecule has 1 amide bonds. The molecule has 3 N–H and O–H groups in total. The van der Waals surface area contributed by atoms with Crippen LogP contribution in [0, 0.1) is 19.3 Å². The first-order valence-corrected chi connectivity index (χ1v) is 6.56. The lowest BCUT2D eigenvalue weighted by Gasteiger charge is -2.16. The Bertz CT molecular complexity index is 443. The van der Waals surface area contributed by atoms with E-state index < -0.39 is 0 Å². The Balaban J connectivity index is 2.22. The number of carbonyl (C=O) groups excluding carboxylic acids is 1. The number of aryl methyl sites for hydroxylation is 2. The quantitative estimate of drug-likeness (QED) is 0.901. The fourth-order valence-electron chi connectivity index (χ4n) is 1.99. The standard InChI is InChI=1S/C13H17BrN2O/c1-8-5-9(2)11(10(14)6-8)16-12(17)13(7-15)3-4-13/h5-6H,3-4,7,15H2,1-2H3,(H,16,17). The second kappa shape index (κ2) is 4.42. The Kier molecular flexibility index (Phi) is 3.27. The Labute approximate surface area is 110 Å². The van der Waals surface area contributed by atoms with Crippen LogP contribution < -0.4 is 11.1 Å². The van der Waals surface area contributed by atoms with Crippen LogP contribution in [0.3, 0.4) is 0 Å². The number of rotatable bonds is 3. The summed E-state index contributed by atoms with van der Waals surface area (Å²) in [4.78, 5) is 12.1. The van der Waals surface area contributed by atoms with Gasteiger partial charge in [0, 0.05) is 11.0 Å². The number of carbonyl (C=O) groups is 1. The number of amides is 1. The van der Waals surface area contributed by atoms with E-state index >= 15 is 0 Å². The summed E-state index contributed by atoms with van der Waals surface area (Å²) >= 11 is 3.49. The van der Waals surface area contributed by atoms with Gasteiger partial charge in [0.1, 0.15) is 0 Å². The minimum atomic E-state index is -0.309. The molecule has 1 aliphatic rings. The van der Waals surface area contributed by atoms with Crippen LogP contribution >= 0.6 is 15.9 Å². The minimum absolute atomic E-state index is 0.0488. The molecule has 0 saturated heterocycles. The summed E-state index contributed by atoms with van der Waals surface area (Å²) in [5, 5.41) is 2.99. The molecule has 1 aromatic carbocycles. The lowest BCUT2D eigenvalue weighted by atomic mass is 10.1.